The first-order chi connectivity index (χ1) is 18.4. The van der Waals surface area contributed by atoms with E-state index in [1.165, 1.54) is 17.0 Å². The van der Waals surface area contributed by atoms with Gasteiger partial charge in [-0.15, -0.1) is 0 Å². The van der Waals surface area contributed by atoms with Gasteiger partial charge in [-0.05, 0) is 75.6 Å². The summed E-state index contributed by atoms with van der Waals surface area (Å²) < 4.78 is 29.5. The number of carbonyl (C=O) groups is 2. The number of halogens is 1. The van der Waals surface area contributed by atoms with E-state index in [2.05, 4.69) is 21.2 Å². The van der Waals surface area contributed by atoms with Crippen LogP contribution in [0.3, 0.4) is 0 Å². The second-order valence-electron chi connectivity index (χ2n) is 10.3. The number of anilines is 1. The van der Waals surface area contributed by atoms with E-state index in [1.807, 2.05) is 58.0 Å². The molecule has 0 aromatic heterocycles. The summed E-state index contributed by atoms with van der Waals surface area (Å²) in [6, 6.07) is 23.7. The average Bonchev–Trinajstić information content (AvgIpc) is 2.90. The molecule has 0 spiro atoms. The van der Waals surface area contributed by atoms with E-state index in [4.69, 9.17) is 0 Å². The van der Waals surface area contributed by atoms with Gasteiger partial charge in [-0.25, -0.2) is 8.42 Å². The van der Waals surface area contributed by atoms with Crippen molar-refractivity contribution >= 4 is 43.5 Å². The van der Waals surface area contributed by atoms with Crippen molar-refractivity contribution in [3.63, 3.8) is 0 Å². The Hall–Kier alpha value is -3.17. The fraction of sp³-hybridized carbons (Fsp3) is 0.333. The summed E-state index contributed by atoms with van der Waals surface area (Å²) in [6.07, 6.45) is 0.905. The summed E-state index contributed by atoms with van der Waals surface area (Å²) in [6.45, 7) is 7.31. The van der Waals surface area contributed by atoms with Crippen LogP contribution in [-0.4, -0.2) is 49.8 Å². The Morgan fingerprint density at radius 3 is 2.00 bits per heavy atom. The summed E-state index contributed by atoms with van der Waals surface area (Å²) in [4.78, 5) is 28.9. The van der Waals surface area contributed by atoms with Gasteiger partial charge in [0.2, 0.25) is 11.8 Å². The van der Waals surface area contributed by atoms with Crippen LogP contribution < -0.4 is 9.62 Å². The number of benzene rings is 3. The lowest BCUT2D eigenvalue weighted by Crippen LogP contribution is -2.56. The minimum absolute atomic E-state index is 0.0778. The largest absolute Gasteiger partial charge is 0.350 e. The van der Waals surface area contributed by atoms with Gasteiger partial charge in [-0.3, -0.25) is 13.9 Å². The molecule has 0 aliphatic heterocycles. The van der Waals surface area contributed by atoms with Crippen LogP contribution in [0.4, 0.5) is 5.69 Å². The highest BCUT2D eigenvalue weighted by atomic mass is 79.9. The van der Waals surface area contributed by atoms with Gasteiger partial charge in [0, 0.05) is 16.6 Å². The molecule has 0 bridgehead atoms. The molecule has 0 heterocycles. The SMILES string of the molecule is CCC(C(=O)NC(C)(C)C)N(CCc1ccccc1)C(=O)CN(c1ccc(Br)cc1)S(=O)(=O)c1ccccc1. The lowest BCUT2D eigenvalue weighted by molar-refractivity contribution is -0.140. The predicted molar refractivity (Wildman–Crippen MR) is 159 cm³/mol. The maximum atomic E-state index is 14.0. The van der Waals surface area contributed by atoms with Crippen LogP contribution in [-0.2, 0) is 26.0 Å². The molecule has 3 aromatic rings. The van der Waals surface area contributed by atoms with E-state index in [0.717, 1.165) is 14.3 Å². The first-order valence-corrected chi connectivity index (χ1v) is 15.1. The topological polar surface area (TPSA) is 86.8 Å². The Morgan fingerprint density at radius 1 is 0.897 bits per heavy atom. The molecule has 3 rings (SSSR count). The van der Waals surface area contributed by atoms with Gasteiger partial charge in [0.1, 0.15) is 12.6 Å². The van der Waals surface area contributed by atoms with Crippen molar-refractivity contribution in [1.29, 1.82) is 0 Å². The van der Waals surface area contributed by atoms with E-state index < -0.39 is 34.1 Å². The lowest BCUT2D eigenvalue weighted by atomic mass is 10.1. The molecule has 1 N–H and O–H groups in total. The van der Waals surface area contributed by atoms with Crippen molar-refractivity contribution in [2.45, 2.75) is 57.0 Å². The fourth-order valence-electron chi connectivity index (χ4n) is 4.20. The zero-order chi connectivity index (χ0) is 28.6. The Kier molecular flexibility index (Phi) is 10.3. The molecule has 7 nitrogen and oxygen atoms in total. The van der Waals surface area contributed by atoms with Crippen molar-refractivity contribution in [2.75, 3.05) is 17.4 Å². The molecule has 0 aliphatic rings. The standard InChI is InChI=1S/C30H36BrN3O4S/c1-5-27(29(36)32-30(2,3)4)33(21-20-23-12-8-6-9-13-23)28(35)22-34(25-18-16-24(31)17-19-25)39(37,38)26-14-10-7-11-15-26/h6-19,27H,5,20-22H2,1-4H3,(H,32,36). The van der Waals surface area contributed by atoms with E-state index in [1.54, 1.807) is 42.5 Å². The van der Waals surface area contributed by atoms with Crippen LogP contribution in [0.5, 0.6) is 0 Å². The quantitative estimate of drug-likeness (QED) is 0.313. The van der Waals surface area contributed by atoms with Crippen molar-refractivity contribution in [3.8, 4) is 0 Å². The highest BCUT2D eigenvalue weighted by Gasteiger charge is 2.34. The minimum Gasteiger partial charge on any atom is -0.350 e. The van der Waals surface area contributed by atoms with E-state index in [-0.39, 0.29) is 17.3 Å². The van der Waals surface area contributed by atoms with E-state index in [9.17, 15) is 18.0 Å². The third-order valence-electron chi connectivity index (χ3n) is 6.09. The molecular weight excluding hydrogens is 578 g/mol. The van der Waals surface area contributed by atoms with Gasteiger partial charge < -0.3 is 10.2 Å². The maximum Gasteiger partial charge on any atom is 0.264 e. The molecule has 0 radical (unpaired) electrons. The molecule has 39 heavy (non-hydrogen) atoms. The van der Waals surface area contributed by atoms with Crippen molar-refractivity contribution in [3.05, 3.63) is 95.0 Å². The molecule has 1 unspecified atom stereocenters. The Balaban J connectivity index is 2.00. The summed E-state index contributed by atoms with van der Waals surface area (Å²) in [5.74, 6) is -0.725. The monoisotopic (exact) mass is 613 g/mol. The van der Waals surface area contributed by atoms with Crippen molar-refractivity contribution < 1.29 is 18.0 Å². The fourth-order valence-corrected chi connectivity index (χ4v) is 5.90. The van der Waals surface area contributed by atoms with Crippen LogP contribution in [0.25, 0.3) is 0 Å². The first-order valence-electron chi connectivity index (χ1n) is 12.9. The number of nitrogens with one attached hydrogen (secondary N) is 1. The number of hydrogen-bond donors (Lipinski definition) is 1. The molecule has 0 fully saturated rings. The molecule has 9 heteroatoms. The maximum absolute atomic E-state index is 14.0. The minimum atomic E-state index is -4.07. The van der Waals surface area contributed by atoms with Crippen LogP contribution >= 0.6 is 15.9 Å². The Bertz CT molecular complexity index is 1340. The number of hydrogen-bond acceptors (Lipinski definition) is 4. The van der Waals surface area contributed by atoms with Gasteiger partial charge in [-0.1, -0.05) is 71.4 Å². The van der Waals surface area contributed by atoms with Crippen LogP contribution in [0, 0.1) is 0 Å². The molecule has 2 amide bonds. The van der Waals surface area contributed by atoms with Crippen LogP contribution in [0.1, 0.15) is 39.7 Å². The molecule has 208 valence electrons. The molecule has 0 saturated carbocycles. The summed E-state index contributed by atoms with van der Waals surface area (Å²) >= 11 is 3.39. The predicted octanol–water partition coefficient (Wildman–Crippen LogP) is 5.41. The second-order valence-corrected chi connectivity index (χ2v) is 13.1. The van der Waals surface area contributed by atoms with Gasteiger partial charge in [0.15, 0.2) is 0 Å². The first kappa shape index (κ1) is 30.4. The van der Waals surface area contributed by atoms with Crippen molar-refractivity contribution in [1.82, 2.24) is 10.2 Å². The van der Waals surface area contributed by atoms with Crippen LogP contribution in [0.2, 0.25) is 0 Å². The second kappa shape index (κ2) is 13.3. The van der Waals surface area contributed by atoms with Gasteiger partial charge in [0.05, 0.1) is 10.6 Å². The highest BCUT2D eigenvalue weighted by molar-refractivity contribution is 9.10. The van der Waals surface area contributed by atoms with Gasteiger partial charge in [0.25, 0.3) is 10.0 Å². The van der Waals surface area contributed by atoms with E-state index in [0.29, 0.717) is 18.5 Å². The smallest absolute Gasteiger partial charge is 0.264 e. The summed E-state index contributed by atoms with van der Waals surface area (Å²) in [7, 11) is -4.07. The number of amides is 2. The molecule has 0 aliphatic carbocycles. The summed E-state index contributed by atoms with van der Waals surface area (Å²) in [5.41, 5.74) is 0.882. The lowest BCUT2D eigenvalue weighted by Gasteiger charge is -2.34. The third-order valence-corrected chi connectivity index (χ3v) is 8.41. The highest BCUT2D eigenvalue weighted by Crippen LogP contribution is 2.26. The molecular formula is C30H36BrN3O4S. The van der Waals surface area contributed by atoms with E-state index >= 15 is 0 Å². The average molecular weight is 615 g/mol. The number of nitrogens with zero attached hydrogens (tertiary/aromatic N) is 2. The number of sulfonamides is 1. The Morgan fingerprint density at radius 2 is 1.46 bits per heavy atom. The van der Waals surface area contributed by atoms with Gasteiger partial charge in [-0.2, -0.15) is 0 Å². The van der Waals surface area contributed by atoms with Crippen molar-refractivity contribution in [2.24, 2.45) is 0 Å². The van der Waals surface area contributed by atoms with Crippen LogP contribution in [0.15, 0.2) is 94.3 Å². The summed E-state index contributed by atoms with van der Waals surface area (Å²) in [5, 5.41) is 2.98. The zero-order valence-corrected chi connectivity index (χ0v) is 25.2. The molecule has 3 aromatic carbocycles. The third kappa shape index (κ3) is 8.41. The zero-order valence-electron chi connectivity index (χ0n) is 22.8. The Labute approximate surface area is 240 Å². The number of carbonyl (C=O) groups excluding carboxylic acids is 2. The molecule has 1 atom stereocenters. The normalized spacial score (nSPS) is 12.4. The number of rotatable bonds is 11. The van der Waals surface area contributed by atoms with Gasteiger partial charge >= 0.3 is 0 Å². The molecule has 0 saturated heterocycles.